The lowest BCUT2D eigenvalue weighted by Gasteiger charge is -2.26. The van der Waals surface area contributed by atoms with Crippen molar-refractivity contribution < 1.29 is 23.8 Å². The largest absolute Gasteiger partial charge is 0.484 e. The van der Waals surface area contributed by atoms with Crippen molar-refractivity contribution in [1.29, 1.82) is 0 Å². The molecule has 1 aromatic rings. The highest BCUT2D eigenvalue weighted by molar-refractivity contribution is 5.82. The number of piperidine rings is 1. The van der Waals surface area contributed by atoms with E-state index in [-0.39, 0.29) is 24.8 Å². The highest BCUT2D eigenvalue weighted by Crippen LogP contribution is 2.22. The molecule has 0 aromatic heterocycles. The van der Waals surface area contributed by atoms with Gasteiger partial charge in [-0.2, -0.15) is 5.10 Å². The van der Waals surface area contributed by atoms with E-state index in [1.807, 2.05) is 4.90 Å². The third kappa shape index (κ3) is 6.03. The van der Waals surface area contributed by atoms with Crippen LogP contribution >= 0.6 is 0 Å². The SMILES string of the molecule is CC1(CC(=O)NN=Cc2ccc(OCC(=O)N3CCCCC3)cc2)OCCO1. The number of nitrogens with zero attached hydrogens (tertiary/aromatic N) is 2. The number of likely N-dealkylation sites (tertiary alicyclic amines) is 1. The van der Waals surface area contributed by atoms with Crippen molar-refractivity contribution in [3.63, 3.8) is 0 Å². The molecule has 28 heavy (non-hydrogen) atoms. The molecule has 2 aliphatic heterocycles. The summed E-state index contributed by atoms with van der Waals surface area (Å²) in [7, 11) is 0. The van der Waals surface area contributed by atoms with E-state index in [1.54, 1.807) is 37.4 Å². The maximum atomic E-state index is 12.1. The van der Waals surface area contributed by atoms with Crippen molar-refractivity contribution in [2.24, 2.45) is 5.10 Å². The first-order valence-electron chi connectivity index (χ1n) is 9.65. The maximum absolute atomic E-state index is 12.1. The number of carbonyl (C=O) groups excluding carboxylic acids is 2. The van der Waals surface area contributed by atoms with Gasteiger partial charge in [0.2, 0.25) is 5.91 Å². The fourth-order valence-corrected chi connectivity index (χ4v) is 3.20. The van der Waals surface area contributed by atoms with Crippen molar-refractivity contribution in [3.8, 4) is 5.75 Å². The van der Waals surface area contributed by atoms with Crippen LogP contribution in [-0.2, 0) is 19.1 Å². The van der Waals surface area contributed by atoms with Crippen LogP contribution in [0.4, 0.5) is 0 Å². The maximum Gasteiger partial charge on any atom is 0.260 e. The number of benzene rings is 1. The summed E-state index contributed by atoms with van der Waals surface area (Å²) in [5.74, 6) is -0.506. The second-order valence-corrected chi connectivity index (χ2v) is 7.10. The average molecular weight is 389 g/mol. The lowest BCUT2D eigenvalue weighted by atomic mass is 10.1. The molecule has 0 bridgehead atoms. The lowest BCUT2D eigenvalue weighted by Crippen LogP contribution is -2.38. The molecule has 2 saturated heterocycles. The number of hydrogen-bond donors (Lipinski definition) is 1. The van der Waals surface area contributed by atoms with Gasteiger partial charge in [-0.05, 0) is 56.0 Å². The molecule has 8 nitrogen and oxygen atoms in total. The van der Waals surface area contributed by atoms with E-state index >= 15 is 0 Å². The Kier molecular flexibility index (Phi) is 7.00. The number of amides is 2. The number of ether oxygens (including phenoxy) is 3. The monoisotopic (exact) mass is 389 g/mol. The molecule has 8 heteroatoms. The molecule has 0 atom stereocenters. The third-order valence-electron chi connectivity index (χ3n) is 4.73. The topological polar surface area (TPSA) is 89.5 Å². The second kappa shape index (κ2) is 9.66. The van der Waals surface area contributed by atoms with Gasteiger partial charge in [-0.15, -0.1) is 0 Å². The Morgan fingerprint density at radius 2 is 1.86 bits per heavy atom. The number of rotatable bonds is 7. The highest BCUT2D eigenvalue weighted by Gasteiger charge is 2.33. The molecule has 1 aromatic carbocycles. The molecule has 0 saturated carbocycles. The molecule has 1 N–H and O–H groups in total. The quantitative estimate of drug-likeness (QED) is 0.566. The predicted molar refractivity (Wildman–Crippen MR) is 103 cm³/mol. The van der Waals surface area contributed by atoms with Crippen LogP contribution in [0.1, 0.15) is 38.2 Å². The summed E-state index contributed by atoms with van der Waals surface area (Å²) >= 11 is 0. The van der Waals surface area contributed by atoms with Gasteiger partial charge in [-0.3, -0.25) is 9.59 Å². The minimum atomic E-state index is -0.871. The summed E-state index contributed by atoms with van der Waals surface area (Å²) in [5.41, 5.74) is 3.26. The van der Waals surface area contributed by atoms with Crippen molar-refractivity contribution in [1.82, 2.24) is 10.3 Å². The Morgan fingerprint density at radius 3 is 2.54 bits per heavy atom. The van der Waals surface area contributed by atoms with Crippen molar-refractivity contribution in [3.05, 3.63) is 29.8 Å². The molecule has 2 aliphatic rings. The number of hydrogen-bond acceptors (Lipinski definition) is 6. The van der Waals surface area contributed by atoms with Crippen molar-refractivity contribution in [2.45, 2.75) is 38.4 Å². The number of nitrogens with one attached hydrogen (secondary N) is 1. The van der Waals surface area contributed by atoms with Crippen LogP contribution < -0.4 is 10.2 Å². The van der Waals surface area contributed by atoms with Gasteiger partial charge >= 0.3 is 0 Å². The molecule has 0 unspecified atom stereocenters. The van der Waals surface area contributed by atoms with E-state index < -0.39 is 5.79 Å². The summed E-state index contributed by atoms with van der Waals surface area (Å²) < 4.78 is 16.4. The van der Waals surface area contributed by atoms with Gasteiger partial charge in [0.05, 0.1) is 25.8 Å². The first-order valence-corrected chi connectivity index (χ1v) is 9.65. The van der Waals surface area contributed by atoms with Crippen LogP contribution in [0.15, 0.2) is 29.4 Å². The van der Waals surface area contributed by atoms with Crippen molar-refractivity contribution >= 4 is 18.0 Å². The second-order valence-electron chi connectivity index (χ2n) is 7.10. The van der Waals surface area contributed by atoms with Gasteiger partial charge in [0, 0.05) is 13.1 Å². The molecular formula is C20H27N3O5. The highest BCUT2D eigenvalue weighted by atomic mass is 16.7. The zero-order valence-electron chi connectivity index (χ0n) is 16.2. The fourth-order valence-electron chi connectivity index (χ4n) is 3.20. The Bertz CT molecular complexity index is 692. The predicted octanol–water partition coefficient (Wildman–Crippen LogP) is 1.68. The Labute approximate surface area is 164 Å². The molecule has 0 radical (unpaired) electrons. The Hall–Kier alpha value is -2.45. The first kappa shape index (κ1) is 20.3. The molecule has 3 rings (SSSR count). The van der Waals surface area contributed by atoms with E-state index in [9.17, 15) is 9.59 Å². The van der Waals surface area contributed by atoms with Gasteiger partial charge < -0.3 is 19.1 Å². The molecule has 0 spiro atoms. The summed E-state index contributed by atoms with van der Waals surface area (Å²) in [6.07, 6.45) is 4.95. The van der Waals surface area contributed by atoms with Gasteiger partial charge in [0.15, 0.2) is 12.4 Å². The molecule has 2 fully saturated rings. The van der Waals surface area contributed by atoms with E-state index in [4.69, 9.17) is 14.2 Å². The van der Waals surface area contributed by atoms with E-state index in [0.29, 0.717) is 19.0 Å². The van der Waals surface area contributed by atoms with Crippen LogP contribution in [0.3, 0.4) is 0 Å². The number of carbonyl (C=O) groups is 2. The molecule has 2 amide bonds. The normalized spacial score (nSPS) is 19.0. The fraction of sp³-hybridized carbons (Fsp3) is 0.550. The van der Waals surface area contributed by atoms with E-state index in [2.05, 4.69) is 10.5 Å². The molecule has 2 heterocycles. The van der Waals surface area contributed by atoms with Crippen LogP contribution in [-0.4, -0.2) is 61.6 Å². The average Bonchev–Trinajstić information content (AvgIpc) is 3.13. The van der Waals surface area contributed by atoms with Crippen LogP contribution in [0, 0.1) is 0 Å². The van der Waals surface area contributed by atoms with Crippen LogP contribution in [0.2, 0.25) is 0 Å². The summed E-state index contributed by atoms with van der Waals surface area (Å²) in [5, 5.41) is 3.94. The standard InChI is InChI=1S/C20H27N3O5/c1-20(27-11-12-28-20)13-18(24)22-21-14-16-5-7-17(8-6-16)26-15-19(25)23-9-3-2-4-10-23/h5-8,14H,2-4,9-13,15H2,1H3,(H,22,24). The number of hydrazone groups is 1. The van der Waals surface area contributed by atoms with Crippen LogP contribution in [0.25, 0.3) is 0 Å². The minimum absolute atomic E-state index is 0.0250. The van der Waals surface area contributed by atoms with E-state index in [0.717, 1.165) is 31.5 Å². The van der Waals surface area contributed by atoms with Gasteiger partial charge in [0.1, 0.15) is 5.75 Å². The Morgan fingerprint density at radius 1 is 1.18 bits per heavy atom. The van der Waals surface area contributed by atoms with Gasteiger partial charge in [0.25, 0.3) is 5.91 Å². The molecular weight excluding hydrogens is 362 g/mol. The van der Waals surface area contributed by atoms with Crippen molar-refractivity contribution in [2.75, 3.05) is 32.9 Å². The zero-order chi connectivity index (χ0) is 19.8. The van der Waals surface area contributed by atoms with Crippen LogP contribution in [0.5, 0.6) is 5.75 Å². The molecule has 0 aliphatic carbocycles. The zero-order valence-corrected chi connectivity index (χ0v) is 16.2. The van der Waals surface area contributed by atoms with Gasteiger partial charge in [-0.25, -0.2) is 5.43 Å². The summed E-state index contributed by atoms with van der Waals surface area (Å²) in [6.45, 7) is 4.40. The summed E-state index contributed by atoms with van der Waals surface area (Å²) in [4.78, 5) is 25.9. The minimum Gasteiger partial charge on any atom is -0.484 e. The Balaban J connectivity index is 1.40. The lowest BCUT2D eigenvalue weighted by molar-refractivity contribution is -0.159. The van der Waals surface area contributed by atoms with E-state index in [1.165, 1.54) is 6.42 Å². The van der Waals surface area contributed by atoms with Gasteiger partial charge in [-0.1, -0.05) is 0 Å². The third-order valence-corrected chi connectivity index (χ3v) is 4.73. The smallest absolute Gasteiger partial charge is 0.260 e. The molecule has 152 valence electrons. The summed E-state index contributed by atoms with van der Waals surface area (Å²) in [6, 6.07) is 7.16. The first-order chi connectivity index (χ1) is 13.5.